The largest absolute Gasteiger partial charge is 0.339 e. The molecule has 1 aromatic heterocycles. The van der Waals surface area contributed by atoms with Gasteiger partial charge in [-0.3, -0.25) is 0 Å². The Kier molecular flexibility index (Phi) is 2.31. The summed E-state index contributed by atoms with van der Waals surface area (Å²) in [5, 5.41) is 7.23. The summed E-state index contributed by atoms with van der Waals surface area (Å²) in [6.45, 7) is 8.35. The zero-order valence-corrected chi connectivity index (χ0v) is 9.00. The molecule has 1 aromatic rings. The van der Waals surface area contributed by atoms with E-state index in [4.69, 9.17) is 4.52 Å². The smallest absolute Gasteiger partial charge is 0.232 e. The molecule has 0 atom stereocenters. The second-order valence-corrected chi connectivity index (χ2v) is 4.55. The molecule has 1 N–H and O–H groups in total. The quantitative estimate of drug-likeness (QED) is 0.793. The molecule has 0 spiro atoms. The predicted octanol–water partition coefficient (Wildman–Crippen LogP) is 1.44. The van der Waals surface area contributed by atoms with E-state index < -0.39 is 0 Å². The maximum absolute atomic E-state index is 5.29. The zero-order valence-electron chi connectivity index (χ0n) is 9.00. The summed E-state index contributed by atoms with van der Waals surface area (Å²) >= 11 is 0. The molecule has 0 radical (unpaired) electrons. The maximum atomic E-state index is 5.29. The van der Waals surface area contributed by atoms with Crippen molar-refractivity contribution in [1.82, 2.24) is 15.5 Å². The highest BCUT2D eigenvalue weighted by Gasteiger charge is 2.29. The lowest BCUT2D eigenvalue weighted by molar-refractivity contribution is 0.296. The molecule has 4 nitrogen and oxygen atoms in total. The molecule has 1 fully saturated rings. The highest BCUT2D eigenvalue weighted by atomic mass is 16.5. The predicted molar refractivity (Wildman–Crippen MR) is 53.2 cm³/mol. The van der Waals surface area contributed by atoms with Crippen molar-refractivity contribution >= 4 is 0 Å². The molecule has 2 rings (SSSR count). The first-order valence-corrected chi connectivity index (χ1v) is 5.18. The second-order valence-electron chi connectivity index (χ2n) is 4.55. The monoisotopic (exact) mass is 195 g/mol. The molecule has 1 aliphatic heterocycles. The van der Waals surface area contributed by atoms with Crippen molar-refractivity contribution in [3.63, 3.8) is 0 Å². The van der Waals surface area contributed by atoms with E-state index in [0.29, 0.717) is 5.92 Å². The summed E-state index contributed by atoms with van der Waals surface area (Å²) in [6.07, 6.45) is 1.01. The van der Waals surface area contributed by atoms with Gasteiger partial charge in [0.25, 0.3) is 0 Å². The van der Waals surface area contributed by atoms with Gasteiger partial charge in [-0.2, -0.15) is 4.98 Å². The van der Waals surface area contributed by atoms with E-state index in [-0.39, 0.29) is 5.41 Å². The van der Waals surface area contributed by atoms with Crippen LogP contribution in [0.4, 0.5) is 0 Å². The van der Waals surface area contributed by atoms with Gasteiger partial charge in [0.1, 0.15) is 0 Å². The van der Waals surface area contributed by atoms with Crippen molar-refractivity contribution in [2.45, 2.75) is 38.5 Å². The topological polar surface area (TPSA) is 51.0 Å². The Bertz CT molecular complexity index is 315. The Morgan fingerprint density at radius 1 is 1.50 bits per heavy atom. The number of hydrogen-bond acceptors (Lipinski definition) is 4. The van der Waals surface area contributed by atoms with Crippen molar-refractivity contribution in [2.75, 3.05) is 13.1 Å². The summed E-state index contributed by atoms with van der Waals surface area (Å²) in [7, 11) is 0. The molecule has 2 heterocycles. The Morgan fingerprint density at radius 3 is 2.71 bits per heavy atom. The maximum Gasteiger partial charge on any atom is 0.232 e. The molecule has 14 heavy (non-hydrogen) atoms. The van der Waals surface area contributed by atoms with Gasteiger partial charge in [0.2, 0.25) is 5.89 Å². The second kappa shape index (κ2) is 3.35. The molecule has 0 saturated carbocycles. The average molecular weight is 195 g/mol. The van der Waals surface area contributed by atoms with Gasteiger partial charge in [0.15, 0.2) is 5.82 Å². The normalized spacial score (nSPS) is 18.2. The van der Waals surface area contributed by atoms with Gasteiger partial charge >= 0.3 is 0 Å². The molecule has 0 aliphatic carbocycles. The molecular formula is C10H17N3O. The molecule has 0 amide bonds. The number of nitrogens with one attached hydrogen (secondary N) is 1. The van der Waals surface area contributed by atoms with E-state index in [0.717, 1.165) is 31.2 Å². The Morgan fingerprint density at radius 2 is 2.21 bits per heavy atom. The summed E-state index contributed by atoms with van der Waals surface area (Å²) in [5.74, 6) is 2.09. The molecule has 1 aliphatic rings. The first-order chi connectivity index (χ1) is 6.63. The zero-order chi connectivity index (χ0) is 10.2. The number of aromatic nitrogens is 2. The standard InChI is InChI=1S/C10H17N3O/c1-4-10(2,3)9-12-8(13-14-9)7-5-11-6-7/h7,11H,4-6H2,1-3H3. The lowest BCUT2D eigenvalue weighted by atomic mass is 9.90. The van der Waals surface area contributed by atoms with Crippen molar-refractivity contribution in [1.29, 1.82) is 0 Å². The molecule has 0 unspecified atom stereocenters. The van der Waals surface area contributed by atoms with Gasteiger partial charge in [-0.25, -0.2) is 0 Å². The molecule has 0 bridgehead atoms. The van der Waals surface area contributed by atoms with Crippen LogP contribution >= 0.6 is 0 Å². The van der Waals surface area contributed by atoms with Crippen molar-refractivity contribution in [2.24, 2.45) is 0 Å². The van der Waals surface area contributed by atoms with Gasteiger partial charge in [0.05, 0.1) is 0 Å². The fraction of sp³-hybridized carbons (Fsp3) is 0.800. The van der Waals surface area contributed by atoms with E-state index in [1.54, 1.807) is 0 Å². The highest BCUT2D eigenvalue weighted by Crippen LogP contribution is 2.26. The Labute approximate surface area is 84.1 Å². The molecule has 0 aromatic carbocycles. The van der Waals surface area contributed by atoms with Gasteiger partial charge in [-0.05, 0) is 6.42 Å². The summed E-state index contributed by atoms with van der Waals surface area (Å²) < 4.78 is 5.29. The minimum atomic E-state index is 0.00241. The summed E-state index contributed by atoms with van der Waals surface area (Å²) in [4.78, 5) is 4.46. The van der Waals surface area contributed by atoms with E-state index in [2.05, 4.69) is 36.2 Å². The van der Waals surface area contributed by atoms with Crippen molar-refractivity contribution in [3.8, 4) is 0 Å². The van der Waals surface area contributed by atoms with Crippen LogP contribution in [0.5, 0.6) is 0 Å². The van der Waals surface area contributed by atoms with Crippen LogP contribution in [0.1, 0.15) is 44.8 Å². The van der Waals surface area contributed by atoms with E-state index >= 15 is 0 Å². The minimum absolute atomic E-state index is 0.00241. The van der Waals surface area contributed by atoms with Crippen LogP contribution < -0.4 is 5.32 Å². The average Bonchev–Trinajstić information content (AvgIpc) is 2.51. The van der Waals surface area contributed by atoms with Crippen LogP contribution in [0.25, 0.3) is 0 Å². The van der Waals surface area contributed by atoms with Crippen LogP contribution in [0.3, 0.4) is 0 Å². The lowest BCUT2D eigenvalue weighted by Gasteiger charge is -2.23. The summed E-state index contributed by atoms with van der Waals surface area (Å²) in [6, 6.07) is 0. The van der Waals surface area contributed by atoms with Gasteiger partial charge < -0.3 is 9.84 Å². The van der Waals surface area contributed by atoms with E-state index in [1.165, 1.54) is 0 Å². The first kappa shape index (κ1) is 9.65. The fourth-order valence-electron chi connectivity index (χ4n) is 1.30. The van der Waals surface area contributed by atoms with Crippen LogP contribution in [-0.2, 0) is 5.41 Å². The Balaban J connectivity index is 2.16. The van der Waals surface area contributed by atoms with Crippen LogP contribution in [-0.4, -0.2) is 23.2 Å². The van der Waals surface area contributed by atoms with Gasteiger partial charge in [0, 0.05) is 24.4 Å². The number of rotatable bonds is 3. The molecule has 4 heteroatoms. The third kappa shape index (κ3) is 1.54. The minimum Gasteiger partial charge on any atom is -0.339 e. The van der Waals surface area contributed by atoms with Crippen molar-refractivity contribution in [3.05, 3.63) is 11.7 Å². The van der Waals surface area contributed by atoms with Crippen LogP contribution in [0.2, 0.25) is 0 Å². The fourth-order valence-corrected chi connectivity index (χ4v) is 1.30. The SMILES string of the molecule is CCC(C)(C)c1nc(C2CNC2)no1. The van der Waals surface area contributed by atoms with Crippen LogP contribution in [0, 0.1) is 0 Å². The molecule has 1 saturated heterocycles. The van der Waals surface area contributed by atoms with Gasteiger partial charge in [-0.1, -0.05) is 25.9 Å². The van der Waals surface area contributed by atoms with Crippen molar-refractivity contribution < 1.29 is 4.52 Å². The molecular weight excluding hydrogens is 178 g/mol. The lowest BCUT2D eigenvalue weighted by Crippen LogP contribution is -2.40. The van der Waals surface area contributed by atoms with E-state index in [9.17, 15) is 0 Å². The molecule has 78 valence electrons. The number of hydrogen-bond donors (Lipinski definition) is 1. The summed E-state index contributed by atoms with van der Waals surface area (Å²) in [5.41, 5.74) is 0.00241. The van der Waals surface area contributed by atoms with Gasteiger partial charge in [-0.15, -0.1) is 0 Å². The first-order valence-electron chi connectivity index (χ1n) is 5.18. The van der Waals surface area contributed by atoms with Crippen LogP contribution in [0.15, 0.2) is 4.52 Å². The third-order valence-corrected chi connectivity index (χ3v) is 3.05. The number of nitrogens with zero attached hydrogens (tertiary/aromatic N) is 2. The van der Waals surface area contributed by atoms with E-state index in [1.807, 2.05) is 0 Å². The highest BCUT2D eigenvalue weighted by molar-refractivity contribution is 5.06. The Hall–Kier alpha value is -0.900. The third-order valence-electron chi connectivity index (χ3n) is 3.05.